The lowest BCUT2D eigenvalue weighted by molar-refractivity contribution is -0.110. The van der Waals surface area contributed by atoms with E-state index in [2.05, 4.69) is 20.6 Å². The molecule has 1 atom stereocenters. The molecule has 0 bridgehead atoms. The van der Waals surface area contributed by atoms with E-state index in [-0.39, 0.29) is 11.9 Å². The molecule has 3 heterocycles. The molecule has 0 saturated carbocycles. The highest BCUT2D eigenvalue weighted by atomic mass is 32.1. The van der Waals surface area contributed by atoms with E-state index in [9.17, 15) is 4.79 Å². The summed E-state index contributed by atoms with van der Waals surface area (Å²) >= 11 is 1.56. The Hall–Kier alpha value is -2.21. The molecular weight excluding hydrogens is 260 g/mol. The van der Waals surface area contributed by atoms with Crippen molar-refractivity contribution in [1.29, 1.82) is 0 Å². The number of carbonyl (C=O) groups is 1. The SMILES string of the molecule is O=C1Nc2ccc3ncsc3c2/C1=C/C1CN=CN1. The zero-order valence-corrected chi connectivity index (χ0v) is 10.7. The fraction of sp³-hybridized carbons (Fsp3) is 0.154. The van der Waals surface area contributed by atoms with Gasteiger partial charge in [-0.05, 0) is 18.2 Å². The lowest BCUT2D eigenvalue weighted by Gasteiger charge is -2.05. The maximum atomic E-state index is 12.1. The Morgan fingerprint density at radius 2 is 2.37 bits per heavy atom. The molecule has 1 aromatic heterocycles. The third-order valence-electron chi connectivity index (χ3n) is 3.31. The molecule has 0 fully saturated rings. The van der Waals surface area contributed by atoms with Gasteiger partial charge < -0.3 is 10.6 Å². The highest BCUT2D eigenvalue weighted by Gasteiger charge is 2.28. The summed E-state index contributed by atoms with van der Waals surface area (Å²) in [5.74, 6) is -0.0513. The van der Waals surface area contributed by atoms with Crippen LogP contribution in [0.2, 0.25) is 0 Å². The molecule has 1 amide bonds. The summed E-state index contributed by atoms with van der Waals surface area (Å²) < 4.78 is 1.06. The molecule has 0 radical (unpaired) electrons. The van der Waals surface area contributed by atoms with Crippen LogP contribution in [0.3, 0.4) is 0 Å². The Kier molecular flexibility index (Phi) is 2.19. The molecule has 4 rings (SSSR count). The number of amides is 1. The molecular formula is C13H10N4OS. The van der Waals surface area contributed by atoms with E-state index in [1.54, 1.807) is 17.7 Å². The number of fused-ring (bicyclic) bond motifs is 3. The average molecular weight is 270 g/mol. The molecule has 0 spiro atoms. The molecule has 1 aromatic carbocycles. The first-order valence-corrected chi connectivity index (χ1v) is 6.85. The Morgan fingerprint density at radius 1 is 1.42 bits per heavy atom. The molecule has 19 heavy (non-hydrogen) atoms. The lowest BCUT2D eigenvalue weighted by Crippen LogP contribution is -2.23. The Labute approximate surface area is 113 Å². The van der Waals surface area contributed by atoms with Crippen molar-refractivity contribution in [3.8, 4) is 0 Å². The van der Waals surface area contributed by atoms with E-state index >= 15 is 0 Å². The van der Waals surface area contributed by atoms with Crippen LogP contribution >= 0.6 is 11.3 Å². The van der Waals surface area contributed by atoms with Crippen molar-refractivity contribution in [3.63, 3.8) is 0 Å². The lowest BCUT2D eigenvalue weighted by atomic mass is 10.0. The fourth-order valence-electron chi connectivity index (χ4n) is 2.43. The minimum atomic E-state index is -0.0513. The van der Waals surface area contributed by atoms with Crippen molar-refractivity contribution >= 4 is 45.1 Å². The number of nitrogens with zero attached hydrogens (tertiary/aromatic N) is 2. The first-order chi connectivity index (χ1) is 9.33. The molecule has 0 saturated heterocycles. The molecule has 2 aliphatic rings. The summed E-state index contributed by atoms with van der Waals surface area (Å²) in [6.45, 7) is 0.671. The largest absolute Gasteiger partial charge is 0.368 e. The second-order valence-electron chi connectivity index (χ2n) is 4.49. The predicted molar refractivity (Wildman–Crippen MR) is 76.5 cm³/mol. The maximum absolute atomic E-state index is 12.1. The first-order valence-electron chi connectivity index (χ1n) is 5.97. The maximum Gasteiger partial charge on any atom is 0.256 e. The number of hydrogen-bond acceptors (Lipinski definition) is 5. The van der Waals surface area contributed by atoms with Gasteiger partial charge in [0.15, 0.2) is 0 Å². The Bertz CT molecular complexity index is 738. The molecule has 1 unspecified atom stereocenters. The van der Waals surface area contributed by atoms with Crippen LogP contribution in [0.25, 0.3) is 15.8 Å². The quantitative estimate of drug-likeness (QED) is 0.774. The van der Waals surface area contributed by atoms with Crippen LogP contribution in [0.15, 0.2) is 28.7 Å². The van der Waals surface area contributed by atoms with Gasteiger partial charge in [-0.15, -0.1) is 11.3 Å². The average Bonchev–Trinajstić information content (AvgIpc) is 3.10. The highest BCUT2D eigenvalue weighted by molar-refractivity contribution is 7.17. The van der Waals surface area contributed by atoms with Crippen molar-refractivity contribution in [2.75, 3.05) is 11.9 Å². The number of carbonyl (C=O) groups excluding carboxylic acids is 1. The van der Waals surface area contributed by atoms with Crippen molar-refractivity contribution in [2.45, 2.75) is 6.04 Å². The van der Waals surface area contributed by atoms with Crippen LogP contribution in [0.5, 0.6) is 0 Å². The van der Waals surface area contributed by atoms with Crippen molar-refractivity contribution < 1.29 is 4.79 Å². The van der Waals surface area contributed by atoms with E-state index in [4.69, 9.17) is 0 Å². The van der Waals surface area contributed by atoms with E-state index in [0.29, 0.717) is 12.1 Å². The van der Waals surface area contributed by atoms with Gasteiger partial charge in [0.05, 0.1) is 40.3 Å². The summed E-state index contributed by atoms with van der Waals surface area (Å²) in [4.78, 5) is 20.5. The monoisotopic (exact) mass is 270 g/mol. The molecule has 6 heteroatoms. The Balaban J connectivity index is 1.90. The predicted octanol–water partition coefficient (Wildman–Crippen LogP) is 1.63. The normalized spacial score (nSPS) is 22.8. The third-order valence-corrected chi connectivity index (χ3v) is 4.17. The highest BCUT2D eigenvalue weighted by Crippen LogP contribution is 2.39. The van der Waals surface area contributed by atoms with Gasteiger partial charge in [0.2, 0.25) is 0 Å². The van der Waals surface area contributed by atoms with Crippen LogP contribution in [0, 0.1) is 0 Å². The van der Waals surface area contributed by atoms with Crippen LogP contribution < -0.4 is 10.6 Å². The molecule has 5 nitrogen and oxygen atoms in total. The number of nitrogens with one attached hydrogen (secondary N) is 2. The second-order valence-corrected chi connectivity index (χ2v) is 5.35. The van der Waals surface area contributed by atoms with E-state index in [0.717, 1.165) is 21.5 Å². The number of aromatic nitrogens is 1. The van der Waals surface area contributed by atoms with Crippen molar-refractivity contribution in [3.05, 3.63) is 29.3 Å². The van der Waals surface area contributed by atoms with Crippen LogP contribution in [0.4, 0.5) is 5.69 Å². The molecule has 2 aliphatic heterocycles. The number of aliphatic imine (C=N–C) groups is 1. The third kappa shape index (κ3) is 1.57. The number of anilines is 1. The van der Waals surface area contributed by atoms with Gasteiger partial charge >= 0.3 is 0 Å². The van der Waals surface area contributed by atoms with Gasteiger partial charge in [-0.3, -0.25) is 9.79 Å². The summed E-state index contributed by atoms with van der Waals surface area (Å²) in [6.07, 6.45) is 3.64. The first kappa shape index (κ1) is 10.7. The Morgan fingerprint density at radius 3 is 3.21 bits per heavy atom. The topological polar surface area (TPSA) is 66.4 Å². The number of benzene rings is 1. The zero-order chi connectivity index (χ0) is 12.8. The van der Waals surface area contributed by atoms with Crippen LogP contribution in [0.1, 0.15) is 5.56 Å². The standard InChI is InChI=1S/C13H10N4OS/c18-13-8(3-7-4-14-5-15-7)11-9(17-13)1-2-10-12(11)19-6-16-10/h1-3,5-7H,4H2,(H,14,15)(H,17,18)/b8-3-. The van der Waals surface area contributed by atoms with Gasteiger partial charge in [-0.25, -0.2) is 4.98 Å². The second kappa shape index (κ2) is 3.89. The summed E-state index contributed by atoms with van der Waals surface area (Å²) in [5, 5.41) is 6.02. The molecule has 2 N–H and O–H groups in total. The van der Waals surface area contributed by atoms with Crippen molar-refractivity contribution in [1.82, 2.24) is 10.3 Å². The molecule has 94 valence electrons. The summed E-state index contributed by atoms with van der Waals surface area (Å²) in [6, 6.07) is 3.94. The van der Waals surface area contributed by atoms with Crippen LogP contribution in [-0.4, -0.2) is 29.8 Å². The van der Waals surface area contributed by atoms with Gasteiger partial charge in [-0.2, -0.15) is 0 Å². The molecule has 0 aliphatic carbocycles. The summed E-state index contributed by atoms with van der Waals surface area (Å²) in [7, 11) is 0. The van der Waals surface area contributed by atoms with E-state index in [1.165, 1.54) is 0 Å². The van der Waals surface area contributed by atoms with Gasteiger partial charge in [0.25, 0.3) is 5.91 Å². The number of hydrogen-bond donors (Lipinski definition) is 2. The molecule has 2 aromatic rings. The van der Waals surface area contributed by atoms with Crippen LogP contribution in [-0.2, 0) is 4.79 Å². The van der Waals surface area contributed by atoms with E-state index in [1.807, 2.05) is 23.7 Å². The van der Waals surface area contributed by atoms with E-state index < -0.39 is 0 Å². The zero-order valence-electron chi connectivity index (χ0n) is 9.88. The minimum absolute atomic E-state index is 0.0513. The smallest absolute Gasteiger partial charge is 0.256 e. The summed E-state index contributed by atoms with van der Waals surface area (Å²) in [5.41, 5.74) is 5.29. The minimum Gasteiger partial charge on any atom is -0.368 e. The van der Waals surface area contributed by atoms with Gasteiger partial charge in [0.1, 0.15) is 0 Å². The van der Waals surface area contributed by atoms with Gasteiger partial charge in [0, 0.05) is 11.1 Å². The van der Waals surface area contributed by atoms with Gasteiger partial charge in [-0.1, -0.05) is 0 Å². The van der Waals surface area contributed by atoms with Crippen molar-refractivity contribution in [2.24, 2.45) is 4.99 Å². The number of thiazole rings is 1. The number of rotatable bonds is 1. The fourth-order valence-corrected chi connectivity index (χ4v) is 3.28.